The first-order valence-corrected chi connectivity index (χ1v) is 13.9. The number of rotatable bonds is 15. The van der Waals surface area contributed by atoms with E-state index < -0.39 is 12.0 Å². The lowest BCUT2D eigenvalue weighted by molar-refractivity contribution is -0.182. The summed E-state index contributed by atoms with van der Waals surface area (Å²) in [5.41, 5.74) is 5.51. The van der Waals surface area contributed by atoms with Gasteiger partial charge >= 0.3 is 6.09 Å². The number of hydroxylamine groups is 2. The molecule has 2 N–H and O–H groups in total. The van der Waals surface area contributed by atoms with E-state index in [1.807, 2.05) is 54.6 Å². The highest BCUT2D eigenvalue weighted by atomic mass is 16.7. The molecule has 0 saturated heterocycles. The smallest absolute Gasteiger partial charge is 0.408 e. The lowest BCUT2D eigenvalue weighted by Crippen LogP contribution is -2.43. The Hall–Kier alpha value is -4.17. The molecule has 210 valence electrons. The third kappa shape index (κ3) is 7.70. The number of carbonyl (C=O) groups excluding carboxylic acids is 3. The molecule has 1 atom stereocenters. The molecule has 8 heteroatoms. The molecule has 0 radical (unpaired) electrons. The first-order valence-electron chi connectivity index (χ1n) is 13.9. The molecule has 0 unspecified atom stereocenters. The van der Waals surface area contributed by atoms with E-state index in [4.69, 9.17) is 9.57 Å². The van der Waals surface area contributed by atoms with Crippen molar-refractivity contribution >= 4 is 18.4 Å². The fourth-order valence-corrected chi connectivity index (χ4v) is 5.02. The van der Waals surface area contributed by atoms with Crippen molar-refractivity contribution in [3.63, 3.8) is 0 Å². The van der Waals surface area contributed by atoms with Gasteiger partial charge in [0.1, 0.15) is 13.2 Å². The summed E-state index contributed by atoms with van der Waals surface area (Å²) in [4.78, 5) is 42.7. The number of alkyl carbamates (subject to hydrolysis) is 1. The van der Waals surface area contributed by atoms with Crippen molar-refractivity contribution in [1.82, 2.24) is 15.7 Å². The van der Waals surface area contributed by atoms with Crippen LogP contribution in [0.15, 0.2) is 78.9 Å². The van der Waals surface area contributed by atoms with Crippen LogP contribution in [0.3, 0.4) is 0 Å². The molecule has 0 saturated carbocycles. The second-order valence-electron chi connectivity index (χ2n) is 9.88. The number of unbranched alkanes of at least 4 members (excludes halogenated alkanes) is 2. The Morgan fingerprint density at radius 3 is 2.20 bits per heavy atom. The Balaban J connectivity index is 1.25. The lowest BCUT2D eigenvalue weighted by Gasteiger charge is -2.23. The van der Waals surface area contributed by atoms with Crippen LogP contribution in [0, 0.1) is 5.92 Å². The molecule has 1 aliphatic carbocycles. The van der Waals surface area contributed by atoms with E-state index >= 15 is 0 Å². The van der Waals surface area contributed by atoms with Gasteiger partial charge < -0.3 is 15.4 Å². The Bertz CT molecular complexity index is 1220. The molecule has 0 aliphatic heterocycles. The zero-order chi connectivity index (χ0) is 28.2. The number of carbonyl (C=O) groups is 3. The van der Waals surface area contributed by atoms with Crippen molar-refractivity contribution < 1.29 is 24.0 Å². The fraction of sp³-hybridized carbons (Fsp3) is 0.344. The number of fused-ring (bicyclic) bond motifs is 3. The zero-order valence-corrected chi connectivity index (χ0v) is 22.9. The third-order valence-corrected chi connectivity index (χ3v) is 7.12. The maximum atomic E-state index is 13.0. The quantitative estimate of drug-likeness (QED) is 0.116. The summed E-state index contributed by atoms with van der Waals surface area (Å²) in [5.74, 6) is -0.775. The van der Waals surface area contributed by atoms with Gasteiger partial charge in [-0.1, -0.05) is 105 Å². The van der Waals surface area contributed by atoms with E-state index in [-0.39, 0.29) is 38.3 Å². The monoisotopic (exact) mass is 543 g/mol. The molecule has 8 nitrogen and oxygen atoms in total. The minimum absolute atomic E-state index is 0.0408. The van der Waals surface area contributed by atoms with Crippen molar-refractivity contribution in [2.75, 3.05) is 19.8 Å². The van der Waals surface area contributed by atoms with Gasteiger partial charge in [0.05, 0.1) is 19.1 Å². The average Bonchev–Trinajstić information content (AvgIpc) is 3.31. The second-order valence-corrected chi connectivity index (χ2v) is 9.88. The number of hydrogen-bond acceptors (Lipinski definition) is 5. The Morgan fingerprint density at radius 2 is 1.55 bits per heavy atom. The predicted octanol–water partition coefficient (Wildman–Crippen LogP) is 5.39. The van der Waals surface area contributed by atoms with Crippen LogP contribution in [0.5, 0.6) is 0 Å². The van der Waals surface area contributed by atoms with Crippen LogP contribution < -0.4 is 10.6 Å². The van der Waals surface area contributed by atoms with Gasteiger partial charge in [0, 0.05) is 5.92 Å². The highest BCUT2D eigenvalue weighted by molar-refractivity contribution is 5.80. The van der Waals surface area contributed by atoms with Crippen LogP contribution >= 0.6 is 0 Å². The number of ether oxygens (including phenoxy) is 1. The molecular formula is C32H37N3O5. The van der Waals surface area contributed by atoms with Crippen molar-refractivity contribution in [1.29, 1.82) is 0 Å². The van der Waals surface area contributed by atoms with Gasteiger partial charge in [0.2, 0.25) is 12.3 Å². The van der Waals surface area contributed by atoms with Gasteiger partial charge in [0.25, 0.3) is 0 Å². The van der Waals surface area contributed by atoms with Crippen LogP contribution in [0.2, 0.25) is 0 Å². The summed E-state index contributed by atoms with van der Waals surface area (Å²) in [6.45, 7) is 2.56. The standard InChI is InChI=1S/C32H37N3O5/c1-2-3-5-14-25(19-35(23-36)40-20-24-12-6-4-7-13-24)31(37)33-22-34-32(38)39-21-30-28-17-10-8-15-26(28)27-16-9-11-18-29(27)30/h4,6-13,15-18,23,25,30H,2-3,5,14,19-22H2,1H3,(H,33,37)(H,34,38)/t25-/m1/s1. The molecule has 40 heavy (non-hydrogen) atoms. The molecule has 3 amide bonds. The van der Waals surface area contributed by atoms with E-state index in [2.05, 4.69) is 41.8 Å². The number of nitrogens with one attached hydrogen (secondary N) is 2. The van der Waals surface area contributed by atoms with Crippen molar-refractivity contribution in [3.8, 4) is 11.1 Å². The number of benzene rings is 3. The minimum atomic E-state index is -0.606. The second kappa shape index (κ2) is 14.8. The summed E-state index contributed by atoms with van der Waals surface area (Å²) < 4.78 is 5.54. The van der Waals surface area contributed by atoms with Crippen LogP contribution in [0.4, 0.5) is 4.79 Å². The van der Waals surface area contributed by atoms with Gasteiger partial charge in [-0.3, -0.25) is 14.4 Å². The van der Waals surface area contributed by atoms with Gasteiger partial charge in [-0.15, -0.1) is 0 Å². The summed E-state index contributed by atoms with van der Waals surface area (Å²) in [5, 5.41) is 6.54. The topological polar surface area (TPSA) is 97.0 Å². The van der Waals surface area contributed by atoms with Crippen molar-refractivity contribution in [2.45, 2.75) is 45.1 Å². The van der Waals surface area contributed by atoms with Crippen LogP contribution in [0.25, 0.3) is 11.1 Å². The van der Waals surface area contributed by atoms with E-state index in [0.29, 0.717) is 12.8 Å². The number of nitrogens with zero attached hydrogens (tertiary/aromatic N) is 1. The summed E-state index contributed by atoms with van der Waals surface area (Å²) in [6.07, 6.45) is 3.43. The Kier molecular flexibility index (Phi) is 10.7. The van der Waals surface area contributed by atoms with Gasteiger partial charge in [-0.25, -0.2) is 9.86 Å². The van der Waals surface area contributed by atoms with Crippen LogP contribution in [-0.4, -0.2) is 43.3 Å². The van der Waals surface area contributed by atoms with Crippen molar-refractivity contribution in [2.24, 2.45) is 5.92 Å². The largest absolute Gasteiger partial charge is 0.449 e. The molecule has 0 spiro atoms. The highest BCUT2D eigenvalue weighted by Gasteiger charge is 2.29. The van der Waals surface area contributed by atoms with E-state index in [1.54, 1.807) is 0 Å². The molecule has 0 aromatic heterocycles. The maximum absolute atomic E-state index is 13.0. The van der Waals surface area contributed by atoms with Crippen LogP contribution in [0.1, 0.15) is 55.2 Å². The Labute approximate surface area is 235 Å². The molecule has 0 bridgehead atoms. The first kappa shape index (κ1) is 28.8. The first-order chi connectivity index (χ1) is 19.6. The SMILES string of the molecule is CCCCC[C@H](CN(C=O)OCc1ccccc1)C(=O)NCNC(=O)OCC1c2ccccc2-c2ccccc21. The fourth-order valence-electron chi connectivity index (χ4n) is 5.02. The average molecular weight is 544 g/mol. The molecule has 1 aliphatic rings. The van der Waals surface area contributed by atoms with E-state index in [1.165, 1.54) is 5.06 Å². The summed E-state index contributed by atoms with van der Waals surface area (Å²) in [6, 6.07) is 25.8. The lowest BCUT2D eigenvalue weighted by atomic mass is 9.98. The van der Waals surface area contributed by atoms with Gasteiger partial charge in [0.15, 0.2) is 0 Å². The van der Waals surface area contributed by atoms with E-state index in [0.717, 1.165) is 47.1 Å². The maximum Gasteiger partial charge on any atom is 0.408 e. The molecular weight excluding hydrogens is 506 g/mol. The predicted molar refractivity (Wildman–Crippen MR) is 153 cm³/mol. The zero-order valence-electron chi connectivity index (χ0n) is 22.9. The molecule has 0 heterocycles. The molecule has 3 aromatic rings. The third-order valence-electron chi connectivity index (χ3n) is 7.12. The van der Waals surface area contributed by atoms with E-state index in [9.17, 15) is 14.4 Å². The Morgan fingerprint density at radius 1 is 0.900 bits per heavy atom. The molecule has 3 aromatic carbocycles. The molecule has 0 fully saturated rings. The van der Waals surface area contributed by atoms with Gasteiger partial charge in [-0.05, 0) is 34.2 Å². The summed E-state index contributed by atoms with van der Waals surface area (Å²) in [7, 11) is 0. The highest BCUT2D eigenvalue weighted by Crippen LogP contribution is 2.44. The number of amides is 3. The number of hydrogen-bond donors (Lipinski definition) is 2. The minimum Gasteiger partial charge on any atom is -0.449 e. The normalized spacial score (nSPS) is 12.6. The van der Waals surface area contributed by atoms with Gasteiger partial charge in [-0.2, -0.15) is 0 Å². The van der Waals surface area contributed by atoms with Crippen LogP contribution in [-0.2, 0) is 25.8 Å². The molecule has 4 rings (SSSR count). The van der Waals surface area contributed by atoms with Crippen molar-refractivity contribution in [3.05, 3.63) is 95.6 Å². The summed E-state index contributed by atoms with van der Waals surface area (Å²) >= 11 is 0.